The molecule has 0 aromatic rings. The molecule has 0 fully saturated rings. The van der Waals surface area contributed by atoms with Gasteiger partial charge in [-0.2, -0.15) is 16.8 Å². The van der Waals surface area contributed by atoms with E-state index >= 15 is 0 Å². The van der Waals surface area contributed by atoms with Gasteiger partial charge in [-0.3, -0.25) is 8.37 Å². The maximum Gasteiger partial charge on any atom is 0.264 e. The summed E-state index contributed by atoms with van der Waals surface area (Å²) in [6, 6.07) is 0. The average molecular weight is 274 g/mol. The molecule has 6 nitrogen and oxygen atoms in total. The second-order valence-corrected chi connectivity index (χ2v) is 7.64. The lowest BCUT2D eigenvalue weighted by Gasteiger charge is -2.29. The van der Waals surface area contributed by atoms with Crippen LogP contribution in [0.5, 0.6) is 0 Å². The van der Waals surface area contributed by atoms with E-state index in [0.717, 1.165) is 12.5 Å². The van der Waals surface area contributed by atoms with Crippen LogP contribution in [0.4, 0.5) is 0 Å². The van der Waals surface area contributed by atoms with Crippen molar-refractivity contribution in [1.29, 1.82) is 0 Å². The molecule has 0 saturated carbocycles. The summed E-state index contributed by atoms with van der Waals surface area (Å²) in [5.74, 6) is 0. The predicted molar refractivity (Wildman–Crippen MR) is 60.0 cm³/mol. The van der Waals surface area contributed by atoms with Crippen molar-refractivity contribution in [2.75, 3.05) is 19.1 Å². The molecule has 0 spiro atoms. The highest BCUT2D eigenvalue weighted by molar-refractivity contribution is 7.86. The van der Waals surface area contributed by atoms with Crippen LogP contribution in [-0.4, -0.2) is 42.1 Å². The van der Waals surface area contributed by atoms with Gasteiger partial charge in [-0.15, -0.1) is 0 Å². The molecule has 0 rings (SSSR count). The summed E-state index contributed by atoms with van der Waals surface area (Å²) in [6.07, 6.45) is 1.20. The molecule has 1 atom stereocenters. The van der Waals surface area contributed by atoms with Gasteiger partial charge in [0, 0.05) is 5.41 Å². The highest BCUT2D eigenvalue weighted by atomic mass is 32.2. The molecule has 16 heavy (non-hydrogen) atoms. The SMILES string of the molecule is CC(OS(C)(=O)=O)C(C)(C)COS(C)(=O)=O. The molecule has 0 bridgehead atoms. The highest BCUT2D eigenvalue weighted by Gasteiger charge is 2.31. The minimum Gasteiger partial charge on any atom is -0.270 e. The molecule has 0 heterocycles. The minimum absolute atomic E-state index is 0.136. The molecule has 0 radical (unpaired) electrons. The third kappa shape index (κ3) is 7.15. The standard InChI is InChI=1S/C8H18O6S2/c1-7(14-16(5,11)12)8(2,3)6-13-15(4,9)10/h7H,6H2,1-5H3. The van der Waals surface area contributed by atoms with E-state index in [1.165, 1.54) is 0 Å². The fourth-order valence-electron chi connectivity index (χ4n) is 0.769. The van der Waals surface area contributed by atoms with Crippen molar-refractivity contribution in [3.63, 3.8) is 0 Å². The van der Waals surface area contributed by atoms with E-state index in [2.05, 4.69) is 4.18 Å². The number of hydrogen-bond donors (Lipinski definition) is 0. The first kappa shape index (κ1) is 15.8. The van der Waals surface area contributed by atoms with Gasteiger partial charge in [-0.1, -0.05) is 13.8 Å². The van der Waals surface area contributed by atoms with Crippen LogP contribution in [0.25, 0.3) is 0 Å². The van der Waals surface area contributed by atoms with Gasteiger partial charge in [0.15, 0.2) is 0 Å². The Morgan fingerprint density at radius 2 is 1.50 bits per heavy atom. The highest BCUT2D eigenvalue weighted by Crippen LogP contribution is 2.25. The smallest absolute Gasteiger partial charge is 0.264 e. The van der Waals surface area contributed by atoms with Crippen LogP contribution in [0.15, 0.2) is 0 Å². The lowest BCUT2D eigenvalue weighted by molar-refractivity contribution is 0.0536. The Morgan fingerprint density at radius 3 is 1.81 bits per heavy atom. The molecule has 0 aliphatic rings. The van der Waals surface area contributed by atoms with Gasteiger partial charge in [-0.05, 0) is 6.92 Å². The lowest BCUT2D eigenvalue weighted by atomic mass is 9.89. The quantitative estimate of drug-likeness (QED) is 0.650. The Hall–Kier alpha value is -0.180. The molecule has 0 saturated heterocycles. The first-order valence-electron chi connectivity index (χ1n) is 4.56. The topological polar surface area (TPSA) is 86.7 Å². The van der Waals surface area contributed by atoms with Crippen molar-refractivity contribution in [2.24, 2.45) is 5.41 Å². The molecular formula is C8H18O6S2. The summed E-state index contributed by atoms with van der Waals surface area (Å²) in [7, 11) is -7.10. The van der Waals surface area contributed by atoms with Crippen molar-refractivity contribution < 1.29 is 25.2 Å². The van der Waals surface area contributed by atoms with Gasteiger partial charge in [0.05, 0.1) is 25.2 Å². The zero-order chi connectivity index (χ0) is 13.2. The minimum atomic E-state index is -3.57. The van der Waals surface area contributed by atoms with Crippen LogP contribution in [0.1, 0.15) is 20.8 Å². The zero-order valence-electron chi connectivity index (χ0n) is 10.1. The normalized spacial score (nSPS) is 16.1. The Kier molecular flexibility index (Phi) is 4.93. The maximum atomic E-state index is 10.9. The Bertz CT molecular complexity index is 419. The van der Waals surface area contributed by atoms with Crippen LogP contribution in [0.2, 0.25) is 0 Å². The monoisotopic (exact) mass is 274 g/mol. The number of rotatable bonds is 6. The van der Waals surface area contributed by atoms with E-state index in [1.54, 1.807) is 20.8 Å². The summed E-state index contributed by atoms with van der Waals surface area (Å²) < 4.78 is 52.8. The van der Waals surface area contributed by atoms with Crippen LogP contribution in [-0.2, 0) is 28.6 Å². The third-order valence-electron chi connectivity index (χ3n) is 2.06. The van der Waals surface area contributed by atoms with Crippen LogP contribution >= 0.6 is 0 Å². The molecule has 98 valence electrons. The summed E-state index contributed by atoms with van der Waals surface area (Å²) in [4.78, 5) is 0. The molecule has 0 aromatic heterocycles. The summed E-state index contributed by atoms with van der Waals surface area (Å²) in [5, 5.41) is 0. The van der Waals surface area contributed by atoms with Gasteiger partial charge >= 0.3 is 0 Å². The Balaban J connectivity index is 4.55. The largest absolute Gasteiger partial charge is 0.270 e. The van der Waals surface area contributed by atoms with Crippen LogP contribution in [0.3, 0.4) is 0 Å². The first-order chi connectivity index (χ1) is 6.83. The van der Waals surface area contributed by atoms with Gasteiger partial charge < -0.3 is 0 Å². The maximum absolute atomic E-state index is 10.9. The Labute approximate surface area is 97.2 Å². The van der Waals surface area contributed by atoms with E-state index in [4.69, 9.17) is 4.18 Å². The summed E-state index contributed by atoms with van der Waals surface area (Å²) >= 11 is 0. The zero-order valence-corrected chi connectivity index (χ0v) is 11.7. The fraction of sp³-hybridized carbons (Fsp3) is 1.00. The van der Waals surface area contributed by atoms with Crippen LogP contribution in [0, 0.1) is 5.41 Å². The summed E-state index contributed by atoms with van der Waals surface area (Å²) in [5.41, 5.74) is -0.730. The molecule has 0 aromatic carbocycles. The average Bonchev–Trinajstić information content (AvgIpc) is 1.96. The Morgan fingerprint density at radius 1 is 1.06 bits per heavy atom. The van der Waals surface area contributed by atoms with Crippen molar-refractivity contribution in [1.82, 2.24) is 0 Å². The van der Waals surface area contributed by atoms with Crippen molar-refractivity contribution in [2.45, 2.75) is 26.9 Å². The van der Waals surface area contributed by atoms with Gasteiger partial charge in [0.25, 0.3) is 20.2 Å². The fourth-order valence-corrected chi connectivity index (χ4v) is 2.07. The van der Waals surface area contributed by atoms with Crippen molar-refractivity contribution >= 4 is 20.2 Å². The van der Waals surface area contributed by atoms with E-state index in [9.17, 15) is 16.8 Å². The molecule has 8 heteroatoms. The molecule has 0 aliphatic carbocycles. The van der Waals surface area contributed by atoms with Crippen molar-refractivity contribution in [3.8, 4) is 0 Å². The second kappa shape index (κ2) is 4.99. The molecular weight excluding hydrogens is 256 g/mol. The van der Waals surface area contributed by atoms with Crippen LogP contribution < -0.4 is 0 Å². The van der Waals surface area contributed by atoms with E-state index in [-0.39, 0.29) is 6.61 Å². The lowest BCUT2D eigenvalue weighted by Crippen LogP contribution is -2.36. The van der Waals surface area contributed by atoms with E-state index in [0.29, 0.717) is 0 Å². The van der Waals surface area contributed by atoms with Crippen molar-refractivity contribution in [3.05, 3.63) is 0 Å². The molecule has 0 amide bonds. The van der Waals surface area contributed by atoms with Gasteiger partial charge in [0.2, 0.25) is 0 Å². The number of hydrogen-bond acceptors (Lipinski definition) is 6. The predicted octanol–water partition coefficient (Wildman–Crippen LogP) is 0.354. The summed E-state index contributed by atoms with van der Waals surface area (Å²) in [6.45, 7) is 4.73. The van der Waals surface area contributed by atoms with Gasteiger partial charge in [-0.25, -0.2) is 0 Å². The third-order valence-corrected chi connectivity index (χ3v) is 3.25. The molecule has 0 N–H and O–H groups in total. The molecule has 1 unspecified atom stereocenters. The molecule has 0 aliphatic heterocycles. The first-order valence-corrected chi connectivity index (χ1v) is 8.19. The van der Waals surface area contributed by atoms with E-state index in [1.807, 2.05) is 0 Å². The van der Waals surface area contributed by atoms with E-state index < -0.39 is 31.8 Å². The van der Waals surface area contributed by atoms with Gasteiger partial charge in [0.1, 0.15) is 0 Å². The second-order valence-electron chi connectivity index (χ2n) is 4.40.